The van der Waals surface area contributed by atoms with E-state index in [0.717, 1.165) is 51.5 Å². The second kappa shape index (κ2) is 8.93. The molecule has 1 aliphatic rings. The molecule has 0 spiro atoms. The SMILES string of the molecule is c1ccc(CN(Cc2ccc(-n3ccnc3)nc2)CC2CCOCC2)cc1. The lowest BCUT2D eigenvalue weighted by Crippen LogP contribution is -2.32. The van der Waals surface area contributed by atoms with E-state index in [2.05, 4.69) is 57.3 Å². The van der Waals surface area contributed by atoms with E-state index < -0.39 is 0 Å². The van der Waals surface area contributed by atoms with Crippen LogP contribution in [0.1, 0.15) is 24.0 Å². The van der Waals surface area contributed by atoms with Gasteiger partial charge in [-0.25, -0.2) is 9.97 Å². The average molecular weight is 362 g/mol. The maximum Gasteiger partial charge on any atom is 0.137 e. The zero-order valence-electron chi connectivity index (χ0n) is 15.6. The third-order valence-corrected chi connectivity index (χ3v) is 5.09. The van der Waals surface area contributed by atoms with Crippen LogP contribution in [0.5, 0.6) is 0 Å². The van der Waals surface area contributed by atoms with Crippen molar-refractivity contribution >= 4 is 0 Å². The van der Waals surface area contributed by atoms with Crippen LogP contribution < -0.4 is 0 Å². The highest BCUT2D eigenvalue weighted by molar-refractivity contribution is 5.25. The Balaban J connectivity index is 1.45. The smallest absolute Gasteiger partial charge is 0.137 e. The Bertz CT molecular complexity index is 796. The highest BCUT2D eigenvalue weighted by Gasteiger charge is 2.18. The molecule has 3 heterocycles. The van der Waals surface area contributed by atoms with Crippen molar-refractivity contribution in [1.82, 2.24) is 19.4 Å². The summed E-state index contributed by atoms with van der Waals surface area (Å²) in [6.45, 7) is 4.75. The molecule has 4 rings (SSSR count). The van der Waals surface area contributed by atoms with Gasteiger partial charge >= 0.3 is 0 Å². The molecule has 0 aliphatic carbocycles. The molecule has 5 nitrogen and oxygen atoms in total. The minimum absolute atomic E-state index is 0.709. The van der Waals surface area contributed by atoms with Crippen molar-refractivity contribution in [1.29, 1.82) is 0 Å². The number of benzene rings is 1. The summed E-state index contributed by atoms with van der Waals surface area (Å²) in [7, 11) is 0. The molecular weight excluding hydrogens is 336 g/mol. The number of imidazole rings is 1. The predicted octanol–water partition coefficient (Wildman–Crippen LogP) is 3.70. The number of nitrogens with zero attached hydrogens (tertiary/aromatic N) is 4. The first kappa shape index (κ1) is 17.9. The van der Waals surface area contributed by atoms with Gasteiger partial charge in [-0.1, -0.05) is 36.4 Å². The van der Waals surface area contributed by atoms with Gasteiger partial charge in [-0.15, -0.1) is 0 Å². The zero-order valence-corrected chi connectivity index (χ0v) is 15.6. The summed E-state index contributed by atoms with van der Waals surface area (Å²) in [6, 6.07) is 14.9. The van der Waals surface area contributed by atoms with Gasteiger partial charge in [-0.2, -0.15) is 0 Å². The van der Waals surface area contributed by atoms with Crippen LogP contribution in [-0.4, -0.2) is 39.2 Å². The van der Waals surface area contributed by atoms with Gasteiger partial charge in [0.05, 0.1) is 0 Å². The van der Waals surface area contributed by atoms with E-state index in [1.807, 2.05) is 17.0 Å². The summed E-state index contributed by atoms with van der Waals surface area (Å²) in [4.78, 5) is 11.2. The predicted molar refractivity (Wildman–Crippen MR) is 105 cm³/mol. The Hall–Kier alpha value is -2.50. The largest absolute Gasteiger partial charge is 0.381 e. The van der Waals surface area contributed by atoms with Crippen LogP contribution in [0.25, 0.3) is 5.82 Å². The molecule has 0 atom stereocenters. The van der Waals surface area contributed by atoms with Gasteiger partial charge < -0.3 is 4.74 Å². The van der Waals surface area contributed by atoms with Crippen molar-refractivity contribution in [2.75, 3.05) is 19.8 Å². The molecule has 0 saturated carbocycles. The average Bonchev–Trinajstić information content (AvgIpc) is 3.25. The molecule has 1 aromatic carbocycles. The van der Waals surface area contributed by atoms with Gasteiger partial charge in [0.15, 0.2) is 0 Å². The van der Waals surface area contributed by atoms with E-state index in [4.69, 9.17) is 4.74 Å². The maximum atomic E-state index is 5.53. The van der Waals surface area contributed by atoms with E-state index in [9.17, 15) is 0 Å². The van der Waals surface area contributed by atoms with Crippen LogP contribution in [0.4, 0.5) is 0 Å². The van der Waals surface area contributed by atoms with Gasteiger partial charge in [0.2, 0.25) is 0 Å². The highest BCUT2D eigenvalue weighted by Crippen LogP contribution is 2.19. The van der Waals surface area contributed by atoms with Gasteiger partial charge in [0.1, 0.15) is 12.1 Å². The fourth-order valence-electron chi connectivity index (χ4n) is 3.64. The lowest BCUT2D eigenvalue weighted by molar-refractivity contribution is 0.0501. The molecule has 1 aliphatic heterocycles. The third-order valence-electron chi connectivity index (χ3n) is 5.09. The number of hydrogen-bond donors (Lipinski definition) is 0. The Morgan fingerprint density at radius 3 is 2.52 bits per heavy atom. The lowest BCUT2D eigenvalue weighted by atomic mass is 9.99. The summed E-state index contributed by atoms with van der Waals surface area (Å²) >= 11 is 0. The second-order valence-electron chi connectivity index (χ2n) is 7.21. The molecule has 3 aromatic rings. The normalized spacial score (nSPS) is 15.3. The Morgan fingerprint density at radius 2 is 1.81 bits per heavy atom. The van der Waals surface area contributed by atoms with Gasteiger partial charge in [-0.05, 0) is 36.0 Å². The van der Waals surface area contributed by atoms with Gasteiger partial charge in [0.25, 0.3) is 0 Å². The van der Waals surface area contributed by atoms with Crippen LogP contribution in [0.3, 0.4) is 0 Å². The number of ether oxygens (including phenoxy) is 1. The summed E-state index contributed by atoms with van der Waals surface area (Å²) < 4.78 is 7.45. The quantitative estimate of drug-likeness (QED) is 0.643. The first-order valence-corrected chi connectivity index (χ1v) is 9.64. The topological polar surface area (TPSA) is 43.2 Å². The molecule has 0 bridgehead atoms. The van der Waals surface area contributed by atoms with E-state index in [0.29, 0.717) is 5.92 Å². The number of aromatic nitrogens is 3. The van der Waals surface area contributed by atoms with E-state index in [1.54, 1.807) is 12.5 Å². The molecule has 140 valence electrons. The van der Waals surface area contributed by atoms with Crippen LogP contribution in [0.2, 0.25) is 0 Å². The molecule has 0 unspecified atom stereocenters. The fraction of sp³-hybridized carbons (Fsp3) is 0.364. The molecule has 5 heteroatoms. The summed E-state index contributed by atoms with van der Waals surface area (Å²) in [6.07, 6.45) is 9.75. The van der Waals surface area contributed by atoms with Crippen LogP contribution in [-0.2, 0) is 17.8 Å². The first-order chi connectivity index (χ1) is 13.4. The Kier molecular flexibility index (Phi) is 5.92. The van der Waals surface area contributed by atoms with Crippen molar-refractivity contribution in [3.63, 3.8) is 0 Å². The minimum Gasteiger partial charge on any atom is -0.381 e. The second-order valence-corrected chi connectivity index (χ2v) is 7.21. The van der Waals surface area contributed by atoms with Crippen molar-refractivity contribution in [2.45, 2.75) is 25.9 Å². The van der Waals surface area contributed by atoms with E-state index in [1.165, 1.54) is 11.1 Å². The molecule has 0 amide bonds. The molecule has 0 N–H and O–H groups in total. The Labute approximate surface area is 160 Å². The fourth-order valence-corrected chi connectivity index (χ4v) is 3.64. The maximum absolute atomic E-state index is 5.53. The van der Waals surface area contributed by atoms with E-state index in [-0.39, 0.29) is 0 Å². The minimum atomic E-state index is 0.709. The van der Waals surface area contributed by atoms with Crippen LogP contribution in [0, 0.1) is 5.92 Å². The van der Waals surface area contributed by atoms with Gasteiger partial charge in [0, 0.05) is 51.4 Å². The van der Waals surface area contributed by atoms with Crippen molar-refractivity contribution in [2.24, 2.45) is 5.92 Å². The van der Waals surface area contributed by atoms with Crippen LogP contribution in [0.15, 0.2) is 67.4 Å². The van der Waals surface area contributed by atoms with Crippen molar-refractivity contribution in [3.05, 3.63) is 78.5 Å². The summed E-state index contributed by atoms with van der Waals surface area (Å²) in [5.41, 5.74) is 2.59. The molecular formula is C22H26N4O. The molecule has 1 saturated heterocycles. The van der Waals surface area contributed by atoms with Crippen molar-refractivity contribution < 1.29 is 4.74 Å². The van der Waals surface area contributed by atoms with Crippen molar-refractivity contribution in [3.8, 4) is 5.82 Å². The molecule has 2 aromatic heterocycles. The number of rotatable bonds is 7. The molecule has 0 radical (unpaired) electrons. The molecule has 1 fully saturated rings. The standard InChI is InChI=1S/C22H26N4O/c1-2-4-19(5-3-1)15-25(16-20-8-12-27-13-9-20)17-21-6-7-22(24-14-21)26-11-10-23-18-26/h1-7,10-11,14,18,20H,8-9,12-13,15-17H2. The van der Waals surface area contributed by atoms with E-state index >= 15 is 0 Å². The third kappa shape index (κ3) is 5.02. The number of pyridine rings is 1. The highest BCUT2D eigenvalue weighted by atomic mass is 16.5. The molecule has 27 heavy (non-hydrogen) atoms. The lowest BCUT2D eigenvalue weighted by Gasteiger charge is -2.30. The Morgan fingerprint density at radius 1 is 1.00 bits per heavy atom. The zero-order chi connectivity index (χ0) is 18.3. The summed E-state index contributed by atoms with van der Waals surface area (Å²) in [5.74, 6) is 1.61. The van der Waals surface area contributed by atoms with Gasteiger partial charge in [-0.3, -0.25) is 9.47 Å². The summed E-state index contributed by atoms with van der Waals surface area (Å²) in [5, 5.41) is 0. The van der Waals surface area contributed by atoms with Crippen LogP contribution >= 0.6 is 0 Å². The number of hydrogen-bond acceptors (Lipinski definition) is 4. The first-order valence-electron chi connectivity index (χ1n) is 9.64. The monoisotopic (exact) mass is 362 g/mol.